The summed E-state index contributed by atoms with van der Waals surface area (Å²) in [7, 11) is 0. The first-order valence-electron chi connectivity index (χ1n) is 6.85. The van der Waals surface area contributed by atoms with Crippen LogP contribution < -0.4 is 0 Å². The van der Waals surface area contributed by atoms with Gasteiger partial charge in [-0.15, -0.1) is 5.10 Å². The van der Waals surface area contributed by atoms with E-state index in [2.05, 4.69) is 34.9 Å². The molecule has 0 N–H and O–H groups in total. The number of rotatable bonds is 2. The summed E-state index contributed by atoms with van der Waals surface area (Å²) in [5.41, 5.74) is 2.17. The van der Waals surface area contributed by atoms with Crippen molar-refractivity contribution < 1.29 is 0 Å². The molecule has 1 saturated heterocycles. The van der Waals surface area contributed by atoms with Crippen molar-refractivity contribution in [3.8, 4) is 0 Å². The highest BCUT2D eigenvalue weighted by Gasteiger charge is 2.26. The molecule has 1 fully saturated rings. The standard InChI is InChI=1S/C14H20N4/c1-3-17-9-5-4-6-12(17)14-15-13-8-7-11(2)10-18(13)16-14/h7-8,10,12H,3-6,9H2,1-2H3. The van der Waals surface area contributed by atoms with Crippen LogP contribution in [0.5, 0.6) is 0 Å². The predicted molar refractivity (Wildman–Crippen MR) is 71.6 cm³/mol. The number of nitrogens with zero attached hydrogens (tertiary/aromatic N) is 4. The third-order valence-electron chi connectivity index (χ3n) is 3.81. The van der Waals surface area contributed by atoms with Gasteiger partial charge in [-0.05, 0) is 44.5 Å². The summed E-state index contributed by atoms with van der Waals surface area (Å²) in [6, 6.07) is 4.54. The molecule has 3 heterocycles. The third-order valence-corrected chi connectivity index (χ3v) is 3.81. The zero-order chi connectivity index (χ0) is 12.5. The van der Waals surface area contributed by atoms with Crippen LogP contribution in [0.2, 0.25) is 0 Å². The third kappa shape index (κ3) is 2.01. The second-order valence-electron chi connectivity index (χ2n) is 5.12. The molecule has 18 heavy (non-hydrogen) atoms. The number of pyridine rings is 1. The van der Waals surface area contributed by atoms with Crippen molar-refractivity contribution in [2.75, 3.05) is 13.1 Å². The normalized spacial score (nSPS) is 21.6. The summed E-state index contributed by atoms with van der Waals surface area (Å²) in [4.78, 5) is 7.18. The molecule has 0 aliphatic carbocycles. The van der Waals surface area contributed by atoms with Crippen LogP contribution in [0.3, 0.4) is 0 Å². The summed E-state index contributed by atoms with van der Waals surface area (Å²) < 4.78 is 1.91. The van der Waals surface area contributed by atoms with Crippen molar-refractivity contribution in [1.29, 1.82) is 0 Å². The smallest absolute Gasteiger partial charge is 0.168 e. The predicted octanol–water partition coefficient (Wildman–Crippen LogP) is 2.58. The number of piperidine rings is 1. The number of fused-ring (bicyclic) bond motifs is 1. The van der Waals surface area contributed by atoms with E-state index in [4.69, 9.17) is 0 Å². The SMILES string of the molecule is CCN1CCCCC1c1nc2ccc(C)cn2n1. The highest BCUT2D eigenvalue weighted by Crippen LogP contribution is 2.28. The summed E-state index contributed by atoms with van der Waals surface area (Å²) in [5.74, 6) is 0.988. The molecule has 0 radical (unpaired) electrons. The van der Waals surface area contributed by atoms with Gasteiger partial charge in [0, 0.05) is 6.20 Å². The molecule has 4 nitrogen and oxygen atoms in total. The zero-order valence-electron chi connectivity index (χ0n) is 11.1. The van der Waals surface area contributed by atoms with Crippen LogP contribution >= 0.6 is 0 Å². The van der Waals surface area contributed by atoms with Crippen LogP contribution in [0.15, 0.2) is 18.3 Å². The Bertz CT molecular complexity index is 546. The van der Waals surface area contributed by atoms with Crippen LogP contribution in [0, 0.1) is 6.92 Å². The Balaban J connectivity index is 1.97. The molecule has 1 aliphatic rings. The Kier molecular flexibility index (Phi) is 3.04. The number of hydrogen-bond acceptors (Lipinski definition) is 3. The molecule has 0 amide bonds. The first-order chi connectivity index (χ1) is 8.78. The molecule has 1 unspecified atom stereocenters. The molecule has 1 atom stereocenters. The average molecular weight is 244 g/mol. The fourth-order valence-corrected chi connectivity index (χ4v) is 2.81. The lowest BCUT2D eigenvalue weighted by molar-refractivity contribution is 0.150. The molecule has 2 aromatic heterocycles. The lowest BCUT2D eigenvalue weighted by Gasteiger charge is -2.32. The van der Waals surface area contributed by atoms with E-state index in [0.717, 1.165) is 18.0 Å². The summed E-state index contributed by atoms with van der Waals surface area (Å²) in [5, 5.41) is 4.66. The van der Waals surface area contributed by atoms with Gasteiger partial charge in [0.15, 0.2) is 11.5 Å². The molecule has 3 rings (SSSR count). The lowest BCUT2D eigenvalue weighted by atomic mass is 10.0. The first-order valence-corrected chi connectivity index (χ1v) is 6.85. The van der Waals surface area contributed by atoms with E-state index in [0.29, 0.717) is 6.04 Å². The van der Waals surface area contributed by atoms with Gasteiger partial charge in [0.25, 0.3) is 0 Å². The van der Waals surface area contributed by atoms with Gasteiger partial charge in [0.05, 0.1) is 6.04 Å². The highest BCUT2D eigenvalue weighted by molar-refractivity contribution is 5.38. The van der Waals surface area contributed by atoms with Gasteiger partial charge in [-0.2, -0.15) is 0 Å². The van der Waals surface area contributed by atoms with E-state index in [-0.39, 0.29) is 0 Å². The van der Waals surface area contributed by atoms with Gasteiger partial charge in [0.2, 0.25) is 0 Å². The van der Waals surface area contributed by atoms with E-state index < -0.39 is 0 Å². The van der Waals surface area contributed by atoms with Crippen molar-refractivity contribution >= 4 is 5.65 Å². The fourth-order valence-electron chi connectivity index (χ4n) is 2.81. The molecule has 4 heteroatoms. The van der Waals surface area contributed by atoms with E-state index in [1.807, 2.05) is 16.8 Å². The Morgan fingerprint density at radius 1 is 1.33 bits per heavy atom. The van der Waals surface area contributed by atoms with Gasteiger partial charge >= 0.3 is 0 Å². The van der Waals surface area contributed by atoms with E-state index in [1.54, 1.807) is 0 Å². The highest BCUT2D eigenvalue weighted by atomic mass is 15.3. The number of hydrogen-bond donors (Lipinski definition) is 0. The van der Waals surface area contributed by atoms with Gasteiger partial charge in [-0.1, -0.05) is 19.4 Å². The van der Waals surface area contributed by atoms with Crippen molar-refractivity contribution in [2.45, 2.75) is 39.2 Å². The maximum atomic E-state index is 4.69. The van der Waals surface area contributed by atoms with Crippen LogP contribution in [-0.4, -0.2) is 32.6 Å². The quantitative estimate of drug-likeness (QED) is 0.814. The Morgan fingerprint density at radius 2 is 2.22 bits per heavy atom. The monoisotopic (exact) mass is 244 g/mol. The molecule has 0 saturated carbocycles. The largest absolute Gasteiger partial charge is 0.294 e. The lowest BCUT2D eigenvalue weighted by Crippen LogP contribution is -2.33. The number of aryl methyl sites for hydroxylation is 1. The van der Waals surface area contributed by atoms with Crippen molar-refractivity contribution in [3.63, 3.8) is 0 Å². The molecule has 0 aromatic carbocycles. The van der Waals surface area contributed by atoms with E-state index in [9.17, 15) is 0 Å². The Hall–Kier alpha value is -1.42. The second kappa shape index (κ2) is 4.69. The maximum Gasteiger partial charge on any atom is 0.168 e. The van der Waals surface area contributed by atoms with Crippen molar-refractivity contribution in [3.05, 3.63) is 29.7 Å². The molecular weight excluding hydrogens is 224 g/mol. The minimum atomic E-state index is 0.406. The molecule has 0 spiro atoms. The first kappa shape index (κ1) is 11.7. The zero-order valence-corrected chi connectivity index (χ0v) is 11.1. The van der Waals surface area contributed by atoms with Crippen LogP contribution in [-0.2, 0) is 0 Å². The van der Waals surface area contributed by atoms with Gasteiger partial charge in [-0.25, -0.2) is 9.50 Å². The average Bonchev–Trinajstić information content (AvgIpc) is 2.81. The molecule has 0 bridgehead atoms. The van der Waals surface area contributed by atoms with Crippen LogP contribution in [0.25, 0.3) is 5.65 Å². The van der Waals surface area contributed by atoms with E-state index >= 15 is 0 Å². The van der Waals surface area contributed by atoms with Crippen molar-refractivity contribution in [1.82, 2.24) is 19.5 Å². The van der Waals surface area contributed by atoms with Gasteiger partial charge in [-0.3, -0.25) is 4.90 Å². The Morgan fingerprint density at radius 3 is 3.06 bits per heavy atom. The summed E-state index contributed by atoms with van der Waals surface area (Å²) in [6.45, 7) is 6.56. The maximum absolute atomic E-state index is 4.69. The minimum absolute atomic E-state index is 0.406. The number of likely N-dealkylation sites (tertiary alicyclic amines) is 1. The molecule has 1 aliphatic heterocycles. The Labute approximate surface area is 108 Å². The summed E-state index contributed by atoms with van der Waals surface area (Å²) >= 11 is 0. The molecule has 96 valence electrons. The van der Waals surface area contributed by atoms with E-state index in [1.165, 1.54) is 31.4 Å². The fraction of sp³-hybridized carbons (Fsp3) is 0.571. The van der Waals surface area contributed by atoms with Crippen molar-refractivity contribution in [2.24, 2.45) is 0 Å². The summed E-state index contributed by atoms with van der Waals surface area (Å²) in [6.07, 6.45) is 5.82. The topological polar surface area (TPSA) is 33.4 Å². The van der Waals surface area contributed by atoms with Crippen LogP contribution in [0.4, 0.5) is 0 Å². The molecule has 2 aromatic rings. The van der Waals surface area contributed by atoms with Gasteiger partial charge < -0.3 is 0 Å². The molecular formula is C14H20N4. The minimum Gasteiger partial charge on any atom is -0.294 e. The number of aromatic nitrogens is 3. The van der Waals surface area contributed by atoms with Crippen LogP contribution in [0.1, 0.15) is 43.6 Å². The second-order valence-corrected chi connectivity index (χ2v) is 5.12. The van der Waals surface area contributed by atoms with Gasteiger partial charge in [0.1, 0.15) is 0 Å².